The molecule has 0 aromatic heterocycles. The lowest BCUT2D eigenvalue weighted by molar-refractivity contribution is -0.235. The SMILES string of the molecule is CCCCC(C)SC(CC(=O)O)C(=O)NCCOCCOCCOCCC(=O)Nc1cccc(Sc2ccc([C@@H]3O[C@@H]4CC5[C@@H]6C[C@H](F)C7=CC(=O)C=C[C@]7(C)[C@@]6(F)[C@@H](O)C[C@]5(C)[C@]4(C(=O)CO)O3)cc2)c1. The van der Waals surface area contributed by atoms with Crippen molar-refractivity contribution >= 4 is 58.6 Å². The zero-order valence-corrected chi connectivity index (χ0v) is 42.9. The van der Waals surface area contributed by atoms with Gasteiger partial charge >= 0.3 is 5.97 Å². The maximum absolute atomic E-state index is 17.8. The summed E-state index contributed by atoms with van der Waals surface area (Å²) in [5.74, 6) is -4.33. The number of carbonyl (C=O) groups is 5. The number of amides is 2. The largest absolute Gasteiger partial charge is 0.481 e. The second-order valence-corrected chi connectivity index (χ2v) is 22.6. The van der Waals surface area contributed by atoms with E-state index in [1.54, 1.807) is 25.1 Å². The van der Waals surface area contributed by atoms with Crippen molar-refractivity contribution in [3.8, 4) is 0 Å². The van der Waals surface area contributed by atoms with Crippen molar-refractivity contribution in [1.29, 1.82) is 0 Å². The van der Waals surface area contributed by atoms with Gasteiger partial charge in [-0.3, -0.25) is 24.0 Å². The van der Waals surface area contributed by atoms with Gasteiger partial charge in [0.1, 0.15) is 12.8 Å². The van der Waals surface area contributed by atoms with Crippen LogP contribution in [0.2, 0.25) is 0 Å². The van der Waals surface area contributed by atoms with Crippen LogP contribution in [-0.2, 0) is 47.7 Å². The quantitative estimate of drug-likeness (QED) is 0.0593. The summed E-state index contributed by atoms with van der Waals surface area (Å²) in [7, 11) is 0. The predicted octanol–water partition coefficient (Wildman–Crippen LogP) is 7.13. The number of aliphatic hydroxyl groups excluding tert-OH is 2. The summed E-state index contributed by atoms with van der Waals surface area (Å²) in [5.41, 5.74) is -5.69. The van der Waals surface area contributed by atoms with Crippen molar-refractivity contribution in [1.82, 2.24) is 5.32 Å². The average molecular weight is 1040 g/mol. The van der Waals surface area contributed by atoms with Gasteiger partial charge in [0.05, 0.1) is 69.9 Å². The Bertz CT molecular complexity index is 2340. The highest BCUT2D eigenvalue weighted by atomic mass is 32.2. The number of halogens is 2. The molecule has 5 aliphatic rings. The molecule has 0 bridgehead atoms. The van der Waals surface area contributed by atoms with Gasteiger partial charge in [-0.2, -0.15) is 0 Å². The molecule has 5 N–H and O–H groups in total. The van der Waals surface area contributed by atoms with Gasteiger partial charge in [0.25, 0.3) is 0 Å². The number of nitrogens with one attached hydrogen (secondary N) is 2. The molecule has 7 rings (SSSR count). The molecule has 394 valence electrons. The Morgan fingerprint density at radius 2 is 1.67 bits per heavy atom. The Hall–Kier alpha value is -4.05. The number of aliphatic hydroxyl groups is 2. The number of benzene rings is 2. The van der Waals surface area contributed by atoms with Crippen LogP contribution in [-0.4, -0.2) is 138 Å². The molecule has 15 nitrogen and oxygen atoms in total. The molecular formula is C53H68F2N2O13S2. The number of ketones is 2. The van der Waals surface area contributed by atoms with Crippen molar-refractivity contribution in [3.05, 3.63) is 77.9 Å². The molecule has 3 saturated carbocycles. The number of aliphatic carboxylic acids is 1. The highest BCUT2D eigenvalue weighted by molar-refractivity contribution is 8.01. The molecule has 12 atom stereocenters. The van der Waals surface area contributed by atoms with Crippen LogP contribution in [0.25, 0.3) is 0 Å². The third-order valence-electron chi connectivity index (χ3n) is 15.2. The number of fused-ring (bicyclic) bond motifs is 7. The minimum Gasteiger partial charge on any atom is -0.481 e. The third kappa shape index (κ3) is 11.6. The van der Waals surface area contributed by atoms with Crippen LogP contribution in [0.5, 0.6) is 0 Å². The summed E-state index contributed by atoms with van der Waals surface area (Å²) in [6, 6.07) is 14.7. The second-order valence-electron chi connectivity index (χ2n) is 19.8. The number of thioether (sulfide) groups is 1. The molecular weight excluding hydrogens is 975 g/mol. The fraction of sp³-hybridized carbons (Fsp3) is 0.604. The smallest absolute Gasteiger partial charge is 0.305 e. The molecule has 0 radical (unpaired) electrons. The van der Waals surface area contributed by atoms with Crippen LogP contribution in [0.4, 0.5) is 14.5 Å². The number of unbranched alkanes of at least 4 members (excludes halogenated alkanes) is 1. The van der Waals surface area contributed by atoms with Gasteiger partial charge in [0.2, 0.25) is 11.8 Å². The van der Waals surface area contributed by atoms with Gasteiger partial charge in [-0.1, -0.05) is 69.6 Å². The third-order valence-corrected chi connectivity index (χ3v) is 17.6. The first-order valence-electron chi connectivity index (χ1n) is 24.9. The lowest BCUT2D eigenvalue weighted by atomic mass is 9.44. The maximum Gasteiger partial charge on any atom is 0.305 e. The van der Waals surface area contributed by atoms with Crippen LogP contribution in [0.15, 0.2) is 82.1 Å². The van der Waals surface area contributed by atoms with E-state index >= 15 is 8.78 Å². The number of anilines is 1. The van der Waals surface area contributed by atoms with E-state index in [4.69, 9.17) is 23.7 Å². The molecule has 3 unspecified atom stereocenters. The van der Waals surface area contributed by atoms with Gasteiger partial charge in [-0.05, 0) is 86.6 Å². The zero-order chi connectivity index (χ0) is 51.8. The number of carboxylic acids is 1. The van der Waals surface area contributed by atoms with E-state index in [9.17, 15) is 39.3 Å². The van der Waals surface area contributed by atoms with Gasteiger partial charge in [-0.25, -0.2) is 8.78 Å². The van der Waals surface area contributed by atoms with Gasteiger partial charge in [-0.15, -0.1) is 11.8 Å². The fourth-order valence-corrected chi connectivity index (χ4v) is 13.9. The van der Waals surface area contributed by atoms with E-state index in [0.29, 0.717) is 31.1 Å². The van der Waals surface area contributed by atoms with Gasteiger partial charge < -0.3 is 49.6 Å². The molecule has 72 heavy (non-hydrogen) atoms. The van der Waals surface area contributed by atoms with Crippen molar-refractivity contribution < 1.29 is 71.8 Å². The number of hydrogen-bond acceptors (Lipinski definition) is 14. The Morgan fingerprint density at radius 1 is 0.958 bits per heavy atom. The topological polar surface area (TPSA) is 216 Å². The molecule has 2 aromatic rings. The second kappa shape index (κ2) is 24.1. The fourth-order valence-electron chi connectivity index (χ4n) is 11.7. The Labute approximate surface area is 427 Å². The summed E-state index contributed by atoms with van der Waals surface area (Å²) in [6.07, 6.45) is 1.02. The molecule has 2 amide bonds. The van der Waals surface area contributed by atoms with E-state index in [1.807, 2.05) is 37.3 Å². The lowest BCUT2D eigenvalue weighted by Crippen LogP contribution is -2.70. The van der Waals surface area contributed by atoms with Crippen LogP contribution in [0.1, 0.15) is 90.9 Å². The first kappa shape index (κ1) is 55.7. The minimum atomic E-state index is -2.34. The van der Waals surface area contributed by atoms with Crippen LogP contribution in [0.3, 0.4) is 0 Å². The number of Topliss-reactive ketones (excluding diaryl/α,β-unsaturated/α-hetero) is 1. The molecule has 0 spiro atoms. The van der Waals surface area contributed by atoms with E-state index in [0.717, 1.165) is 35.1 Å². The monoisotopic (exact) mass is 1040 g/mol. The number of carbonyl (C=O) groups excluding carboxylic acids is 4. The molecule has 19 heteroatoms. The number of rotatable bonds is 26. The number of hydrogen-bond donors (Lipinski definition) is 5. The molecule has 4 fully saturated rings. The molecule has 1 heterocycles. The summed E-state index contributed by atoms with van der Waals surface area (Å²) >= 11 is 2.85. The van der Waals surface area contributed by atoms with E-state index < -0.39 is 88.0 Å². The highest BCUT2D eigenvalue weighted by Gasteiger charge is 2.80. The van der Waals surface area contributed by atoms with Crippen molar-refractivity contribution in [3.63, 3.8) is 0 Å². The highest BCUT2D eigenvalue weighted by Crippen LogP contribution is 2.72. The first-order valence-corrected chi connectivity index (χ1v) is 26.7. The van der Waals surface area contributed by atoms with Crippen molar-refractivity contribution in [2.45, 2.75) is 135 Å². The molecule has 1 saturated heterocycles. The number of allylic oxidation sites excluding steroid dienone is 4. The van der Waals surface area contributed by atoms with Crippen molar-refractivity contribution in [2.75, 3.05) is 58.1 Å². The summed E-state index contributed by atoms with van der Waals surface area (Å²) < 4.78 is 63.5. The Morgan fingerprint density at radius 3 is 2.36 bits per heavy atom. The number of alkyl halides is 2. The summed E-state index contributed by atoms with van der Waals surface area (Å²) in [6.45, 7) is 8.40. The van der Waals surface area contributed by atoms with Crippen LogP contribution < -0.4 is 10.6 Å². The number of carboxylic acid groups (broad SMARTS) is 1. The Balaban J connectivity index is 0.825. The summed E-state index contributed by atoms with van der Waals surface area (Å²) in [4.78, 5) is 64.5. The Kier molecular flexibility index (Phi) is 18.6. The van der Waals surface area contributed by atoms with Crippen LogP contribution in [0, 0.1) is 22.7 Å². The van der Waals surface area contributed by atoms with Crippen LogP contribution >= 0.6 is 23.5 Å². The van der Waals surface area contributed by atoms with E-state index in [1.165, 1.54) is 42.6 Å². The molecule has 1 aliphatic heterocycles. The van der Waals surface area contributed by atoms with E-state index in [-0.39, 0.29) is 81.1 Å². The average Bonchev–Trinajstić information content (AvgIpc) is 3.85. The minimum absolute atomic E-state index is 0.00938. The predicted molar refractivity (Wildman–Crippen MR) is 266 cm³/mol. The maximum atomic E-state index is 17.8. The normalized spacial score (nSPS) is 31.1. The number of ether oxygens (including phenoxy) is 5. The molecule has 4 aliphatic carbocycles. The van der Waals surface area contributed by atoms with Crippen molar-refractivity contribution in [2.24, 2.45) is 22.7 Å². The first-order chi connectivity index (χ1) is 34.4. The van der Waals surface area contributed by atoms with E-state index in [2.05, 4.69) is 17.6 Å². The van der Waals surface area contributed by atoms with Gasteiger partial charge in [0, 0.05) is 49.6 Å². The standard InChI is InChI=1S/C53H68F2N2O13S2/c1-5-6-8-32(2)71-42(29-47(63)64)48(65)56-18-20-67-22-24-68-23-21-66-19-16-46(62)57-34-9-7-10-37(25-34)72-36-13-11-33(12-14-36)49-69-45-28-38-39-27-41(54)40-26-35(59)15-17-50(40,3)52(39,55)43(60)30-51(38,4)53(45,70-49)44(61)31-58/h7,9-15,17,25-26,32,38-39,41-43,45,49,58,60H,5-6,8,16,18-24,27-31H2,1-4H3,(H,56,65)(H,57,62)(H,63,64)/t32?,38?,39-,41-,42?,43-,45+,49+,50-,51-,52-,53+/m0/s1. The summed E-state index contributed by atoms with van der Waals surface area (Å²) in [5, 5.41) is 36.6. The molecule has 2 aromatic carbocycles. The zero-order valence-electron chi connectivity index (χ0n) is 41.3. The van der Waals surface area contributed by atoms with Gasteiger partial charge in [0.15, 0.2) is 29.1 Å². The lowest BCUT2D eigenvalue weighted by Gasteiger charge is -2.63.